The van der Waals surface area contributed by atoms with E-state index in [9.17, 15) is 26.4 Å². The second-order valence-electron chi connectivity index (χ2n) is 8.17. The Morgan fingerprint density at radius 2 is 1.97 bits per heavy atom. The molecule has 2 aromatic rings. The molecule has 1 heterocycles. The van der Waals surface area contributed by atoms with Gasteiger partial charge in [-0.05, 0) is 69.9 Å². The molecule has 14 heteroatoms. The number of thioether (sulfide) groups is 1. The Labute approximate surface area is 194 Å². The molecular formula is C19H27F3N6O3S2. The van der Waals surface area contributed by atoms with Gasteiger partial charge in [-0.25, -0.2) is 35.7 Å². The molecule has 1 saturated carbocycles. The van der Waals surface area contributed by atoms with Gasteiger partial charge >= 0.3 is 5.69 Å². The Bertz CT molecular complexity index is 1240. The fraction of sp³-hybridized carbons (Fsp3) is 0.526. The molecule has 1 aliphatic rings. The summed E-state index contributed by atoms with van der Waals surface area (Å²) in [5.41, 5.74) is -1.48. The molecule has 1 fully saturated rings. The van der Waals surface area contributed by atoms with Crippen molar-refractivity contribution in [3.63, 3.8) is 0 Å². The van der Waals surface area contributed by atoms with Gasteiger partial charge in [0.05, 0.1) is 21.5 Å². The number of alkyl halides is 3. The standard InChI is InChI=1S/C19H25F3N6O3S2.H2/c1-26(2)8-3-9-27-13-5-4-12(33(30,31)25-19(11-20)6-7-19)10-14(13)28(18(27)29)17(24)32-16(23)15(21)22;/h4-5,10,15,23-25H,3,6-9,11H2,1-2H3;1H. The molecule has 0 atom stereocenters. The third-order valence-electron chi connectivity index (χ3n) is 5.27. The normalized spacial score (nSPS) is 15.5. The molecule has 1 aliphatic carbocycles. The summed E-state index contributed by atoms with van der Waals surface area (Å²) in [5.74, 6) is 0. The fourth-order valence-electron chi connectivity index (χ4n) is 3.31. The van der Waals surface area contributed by atoms with Gasteiger partial charge in [0.25, 0.3) is 6.43 Å². The highest BCUT2D eigenvalue weighted by molar-refractivity contribution is 8.26. The molecule has 0 bridgehead atoms. The van der Waals surface area contributed by atoms with Crippen molar-refractivity contribution in [2.45, 2.75) is 42.7 Å². The van der Waals surface area contributed by atoms with Gasteiger partial charge < -0.3 is 4.90 Å². The number of nitrogens with zero attached hydrogens (tertiary/aromatic N) is 3. The molecule has 184 valence electrons. The highest BCUT2D eigenvalue weighted by Crippen LogP contribution is 2.37. The molecule has 9 nitrogen and oxygen atoms in total. The van der Waals surface area contributed by atoms with Crippen LogP contribution in [0.25, 0.3) is 11.0 Å². The molecule has 0 aliphatic heterocycles. The minimum absolute atomic E-state index is 0. The van der Waals surface area contributed by atoms with E-state index in [1.807, 2.05) is 19.0 Å². The number of hydrogen-bond donors (Lipinski definition) is 3. The first-order chi connectivity index (χ1) is 15.4. The van der Waals surface area contributed by atoms with Crippen LogP contribution in [-0.2, 0) is 16.6 Å². The first-order valence-corrected chi connectivity index (χ1v) is 12.3. The summed E-state index contributed by atoms with van der Waals surface area (Å²) in [6, 6.07) is 3.85. The summed E-state index contributed by atoms with van der Waals surface area (Å²) in [5, 5.41) is 13.7. The number of sulfonamides is 1. The van der Waals surface area contributed by atoms with Crippen molar-refractivity contribution in [3.05, 3.63) is 28.7 Å². The lowest BCUT2D eigenvalue weighted by Gasteiger charge is -2.14. The lowest BCUT2D eigenvalue weighted by atomic mass is 10.3. The van der Waals surface area contributed by atoms with E-state index in [4.69, 9.17) is 10.8 Å². The van der Waals surface area contributed by atoms with Crippen molar-refractivity contribution in [2.24, 2.45) is 0 Å². The quantitative estimate of drug-likeness (QED) is 0.355. The zero-order valence-corrected chi connectivity index (χ0v) is 19.7. The number of halogens is 3. The van der Waals surface area contributed by atoms with Gasteiger partial charge in [0, 0.05) is 7.97 Å². The van der Waals surface area contributed by atoms with Crippen molar-refractivity contribution >= 4 is 43.0 Å². The minimum atomic E-state index is -4.13. The molecule has 3 rings (SSSR count). The lowest BCUT2D eigenvalue weighted by Crippen LogP contribution is -2.38. The van der Waals surface area contributed by atoms with Crippen molar-refractivity contribution in [3.8, 4) is 0 Å². The fourth-order valence-corrected chi connectivity index (χ4v) is 5.34. The predicted octanol–water partition coefficient (Wildman–Crippen LogP) is 2.54. The second kappa shape index (κ2) is 9.60. The molecule has 0 unspecified atom stereocenters. The van der Waals surface area contributed by atoms with Gasteiger partial charge in [0.2, 0.25) is 10.0 Å². The average Bonchev–Trinajstić information content (AvgIpc) is 3.44. The zero-order valence-electron chi connectivity index (χ0n) is 18.1. The van der Waals surface area contributed by atoms with Crippen LogP contribution in [0.15, 0.2) is 27.9 Å². The number of aryl methyl sites for hydroxylation is 1. The van der Waals surface area contributed by atoms with Gasteiger partial charge in [-0.2, -0.15) is 0 Å². The molecule has 0 saturated heterocycles. The van der Waals surface area contributed by atoms with Gasteiger partial charge in [-0.3, -0.25) is 15.4 Å². The van der Waals surface area contributed by atoms with Crippen LogP contribution < -0.4 is 10.4 Å². The number of imidazole rings is 1. The van der Waals surface area contributed by atoms with E-state index < -0.39 is 44.6 Å². The maximum atomic E-state index is 13.2. The van der Waals surface area contributed by atoms with Gasteiger partial charge in [0.1, 0.15) is 11.7 Å². The Morgan fingerprint density at radius 1 is 1.30 bits per heavy atom. The maximum Gasteiger partial charge on any atom is 0.335 e. The summed E-state index contributed by atoms with van der Waals surface area (Å²) in [7, 11) is -0.403. The van der Waals surface area contributed by atoms with E-state index in [1.165, 1.54) is 16.7 Å². The number of fused-ring (bicyclic) bond motifs is 1. The first kappa shape index (κ1) is 25.5. The average molecular weight is 509 g/mol. The number of nitrogens with one attached hydrogen (secondary N) is 3. The summed E-state index contributed by atoms with van der Waals surface area (Å²) in [6.07, 6.45) is -1.81. The number of benzene rings is 1. The van der Waals surface area contributed by atoms with E-state index in [1.54, 1.807) is 0 Å². The summed E-state index contributed by atoms with van der Waals surface area (Å²) in [6.45, 7) is 0.0571. The highest BCUT2D eigenvalue weighted by Gasteiger charge is 2.46. The van der Waals surface area contributed by atoms with Crippen molar-refractivity contribution in [2.75, 3.05) is 27.3 Å². The minimum Gasteiger partial charge on any atom is -0.309 e. The third kappa shape index (κ3) is 5.50. The van der Waals surface area contributed by atoms with E-state index in [-0.39, 0.29) is 30.1 Å². The number of rotatable bonds is 9. The van der Waals surface area contributed by atoms with Crippen molar-refractivity contribution < 1.29 is 23.0 Å². The van der Waals surface area contributed by atoms with Gasteiger partial charge in [0.15, 0.2) is 5.17 Å². The summed E-state index contributed by atoms with van der Waals surface area (Å²) in [4.78, 5) is 14.8. The Balaban J connectivity index is 0.00000408. The Hall–Kier alpha value is -2.16. The van der Waals surface area contributed by atoms with E-state index in [0.29, 0.717) is 31.3 Å². The van der Waals surface area contributed by atoms with Crippen LogP contribution in [0.1, 0.15) is 20.7 Å². The van der Waals surface area contributed by atoms with Crippen molar-refractivity contribution in [1.82, 2.24) is 18.8 Å². The second-order valence-corrected chi connectivity index (χ2v) is 10.9. The number of hydrogen-bond acceptors (Lipinski definition) is 7. The van der Waals surface area contributed by atoms with E-state index in [2.05, 4.69) is 4.72 Å². The summed E-state index contributed by atoms with van der Waals surface area (Å²) < 4.78 is 69.0. The molecule has 0 amide bonds. The van der Waals surface area contributed by atoms with Crippen LogP contribution in [0.4, 0.5) is 13.2 Å². The molecule has 33 heavy (non-hydrogen) atoms. The lowest BCUT2D eigenvalue weighted by molar-refractivity contribution is 0.228. The topological polar surface area (TPSA) is 124 Å². The van der Waals surface area contributed by atoms with Crippen LogP contribution >= 0.6 is 11.8 Å². The third-order valence-corrected chi connectivity index (χ3v) is 7.62. The van der Waals surface area contributed by atoms with Gasteiger partial charge in [-0.1, -0.05) is 0 Å². The first-order valence-electron chi connectivity index (χ1n) is 10.0. The Morgan fingerprint density at radius 3 is 2.52 bits per heavy atom. The molecule has 1 aromatic carbocycles. The van der Waals surface area contributed by atoms with E-state index in [0.717, 1.165) is 10.6 Å². The Kier molecular flexibility index (Phi) is 7.41. The van der Waals surface area contributed by atoms with Crippen LogP contribution in [-0.4, -0.2) is 71.9 Å². The van der Waals surface area contributed by atoms with Crippen LogP contribution in [0, 0.1) is 10.8 Å². The number of aromatic nitrogens is 2. The molecule has 1 aromatic heterocycles. The van der Waals surface area contributed by atoms with Gasteiger partial charge in [-0.15, -0.1) is 0 Å². The van der Waals surface area contributed by atoms with E-state index >= 15 is 0 Å². The largest absolute Gasteiger partial charge is 0.335 e. The molecule has 0 spiro atoms. The highest BCUT2D eigenvalue weighted by atomic mass is 32.2. The monoisotopic (exact) mass is 508 g/mol. The maximum absolute atomic E-state index is 13.2. The van der Waals surface area contributed by atoms with Crippen LogP contribution in [0.2, 0.25) is 0 Å². The predicted molar refractivity (Wildman–Crippen MR) is 124 cm³/mol. The van der Waals surface area contributed by atoms with Crippen LogP contribution in [0.3, 0.4) is 0 Å². The SMILES string of the molecule is CN(C)CCCn1c(=O)n(C(=N)SC(=N)C(F)F)c2cc(S(=O)(=O)NC3(CF)CC3)ccc21.[HH]. The smallest absolute Gasteiger partial charge is 0.309 e. The zero-order chi connectivity index (χ0) is 24.6. The molecule has 3 N–H and O–H groups in total. The van der Waals surface area contributed by atoms with Crippen molar-refractivity contribution in [1.29, 1.82) is 10.8 Å². The van der Waals surface area contributed by atoms with Crippen LogP contribution in [0.5, 0.6) is 0 Å². The summed E-state index contributed by atoms with van der Waals surface area (Å²) >= 11 is 0.112. The molecule has 0 radical (unpaired) electrons. The molecular weight excluding hydrogens is 481 g/mol.